The van der Waals surface area contributed by atoms with Gasteiger partial charge in [0, 0.05) is 30.5 Å². The van der Waals surface area contributed by atoms with Crippen molar-refractivity contribution < 1.29 is 9.53 Å². The molecule has 2 aliphatic rings. The summed E-state index contributed by atoms with van der Waals surface area (Å²) >= 11 is 0. The van der Waals surface area contributed by atoms with Gasteiger partial charge in [0.15, 0.2) is 0 Å². The monoisotopic (exact) mass is 261 g/mol. The second kappa shape index (κ2) is 5.59. The predicted molar refractivity (Wildman–Crippen MR) is 74.5 cm³/mol. The van der Waals surface area contributed by atoms with Crippen LogP contribution in [0.5, 0.6) is 0 Å². The van der Waals surface area contributed by atoms with Crippen LogP contribution in [-0.2, 0) is 16.0 Å². The maximum absolute atomic E-state index is 11.3. The van der Waals surface area contributed by atoms with E-state index in [0.29, 0.717) is 12.5 Å². The van der Waals surface area contributed by atoms with Gasteiger partial charge >= 0.3 is 0 Å². The third kappa shape index (κ3) is 3.05. The summed E-state index contributed by atoms with van der Waals surface area (Å²) in [5.74, 6) is 0.0794. The number of hydrogen-bond donors (Lipinski definition) is 3. The van der Waals surface area contributed by atoms with Gasteiger partial charge in [0.1, 0.15) is 0 Å². The van der Waals surface area contributed by atoms with Crippen molar-refractivity contribution >= 4 is 17.3 Å². The minimum absolute atomic E-state index is 0.0794. The molecule has 1 atom stereocenters. The molecule has 1 saturated heterocycles. The van der Waals surface area contributed by atoms with Gasteiger partial charge in [-0.2, -0.15) is 0 Å². The van der Waals surface area contributed by atoms with E-state index in [0.717, 1.165) is 49.7 Å². The van der Waals surface area contributed by atoms with Crippen LogP contribution < -0.4 is 16.0 Å². The van der Waals surface area contributed by atoms with Gasteiger partial charge in [0.25, 0.3) is 0 Å². The average Bonchev–Trinajstić information content (AvgIpc) is 2.79. The minimum atomic E-state index is 0.0794. The predicted octanol–water partition coefficient (Wildman–Crippen LogP) is 0.972. The fourth-order valence-corrected chi connectivity index (χ4v) is 2.54. The molecular formula is C14H19N3O2. The molecule has 1 fully saturated rings. The van der Waals surface area contributed by atoms with Crippen LogP contribution in [0.15, 0.2) is 18.2 Å². The molecule has 5 nitrogen and oxygen atoms in total. The van der Waals surface area contributed by atoms with E-state index in [9.17, 15) is 4.79 Å². The lowest BCUT2D eigenvalue weighted by molar-refractivity contribution is -0.115. The summed E-state index contributed by atoms with van der Waals surface area (Å²) in [5.41, 5.74) is 3.10. The zero-order chi connectivity index (χ0) is 13.1. The summed E-state index contributed by atoms with van der Waals surface area (Å²) in [4.78, 5) is 11.3. The molecular weight excluding hydrogens is 242 g/mol. The quantitative estimate of drug-likeness (QED) is 0.756. The van der Waals surface area contributed by atoms with Crippen LogP contribution >= 0.6 is 0 Å². The molecule has 0 radical (unpaired) electrons. The summed E-state index contributed by atoms with van der Waals surface area (Å²) in [5, 5.41) is 9.67. The standard InChI is InChI=1S/C14H19N3O2/c18-14-8-10-7-11(1-2-13(10)17-14)15-4-3-12-9-19-6-5-16-12/h1-2,7,12,15-16H,3-6,8-9H2,(H,17,18). The Labute approximate surface area is 112 Å². The van der Waals surface area contributed by atoms with Gasteiger partial charge in [0.2, 0.25) is 5.91 Å². The Balaban J connectivity index is 1.50. The summed E-state index contributed by atoms with van der Waals surface area (Å²) in [6.07, 6.45) is 1.52. The van der Waals surface area contributed by atoms with Crippen LogP contribution in [0.1, 0.15) is 12.0 Å². The topological polar surface area (TPSA) is 62.4 Å². The summed E-state index contributed by atoms with van der Waals surface area (Å²) in [7, 11) is 0. The summed E-state index contributed by atoms with van der Waals surface area (Å²) in [6, 6.07) is 6.47. The van der Waals surface area contributed by atoms with Crippen LogP contribution in [0.2, 0.25) is 0 Å². The largest absolute Gasteiger partial charge is 0.385 e. The fourth-order valence-electron chi connectivity index (χ4n) is 2.54. The molecule has 1 amide bonds. The molecule has 0 spiro atoms. The van der Waals surface area contributed by atoms with Crippen molar-refractivity contribution in [2.45, 2.75) is 18.9 Å². The lowest BCUT2D eigenvalue weighted by atomic mass is 10.1. The Hall–Kier alpha value is -1.59. The lowest BCUT2D eigenvalue weighted by Gasteiger charge is -2.23. The lowest BCUT2D eigenvalue weighted by Crippen LogP contribution is -2.42. The molecule has 5 heteroatoms. The van der Waals surface area contributed by atoms with Crippen molar-refractivity contribution in [3.05, 3.63) is 23.8 Å². The number of ether oxygens (including phenoxy) is 1. The zero-order valence-electron chi connectivity index (χ0n) is 10.9. The SMILES string of the molecule is O=C1Cc2cc(NCCC3COCCN3)ccc2N1. The van der Waals surface area contributed by atoms with Crippen molar-refractivity contribution in [3.63, 3.8) is 0 Å². The van der Waals surface area contributed by atoms with Gasteiger partial charge in [0.05, 0.1) is 19.6 Å². The Bertz CT molecular complexity index is 470. The highest BCUT2D eigenvalue weighted by Crippen LogP contribution is 2.25. The molecule has 1 aromatic rings. The van der Waals surface area contributed by atoms with Gasteiger partial charge < -0.3 is 20.7 Å². The van der Waals surface area contributed by atoms with E-state index in [1.165, 1.54) is 0 Å². The Morgan fingerprint density at radius 2 is 2.37 bits per heavy atom. The second-order valence-electron chi connectivity index (χ2n) is 5.04. The maximum Gasteiger partial charge on any atom is 0.228 e. The normalized spacial score (nSPS) is 21.9. The molecule has 0 aliphatic carbocycles. The number of fused-ring (bicyclic) bond motifs is 1. The molecule has 2 aliphatic heterocycles. The molecule has 3 rings (SSSR count). The van der Waals surface area contributed by atoms with Crippen molar-refractivity contribution in [2.75, 3.05) is 36.9 Å². The highest BCUT2D eigenvalue weighted by atomic mass is 16.5. The van der Waals surface area contributed by atoms with Crippen molar-refractivity contribution in [2.24, 2.45) is 0 Å². The van der Waals surface area contributed by atoms with Crippen molar-refractivity contribution in [1.82, 2.24) is 5.32 Å². The molecule has 2 heterocycles. The van der Waals surface area contributed by atoms with Crippen molar-refractivity contribution in [3.8, 4) is 0 Å². The van der Waals surface area contributed by atoms with Gasteiger partial charge in [-0.05, 0) is 30.2 Å². The first-order valence-electron chi connectivity index (χ1n) is 6.79. The third-order valence-corrected chi connectivity index (χ3v) is 3.55. The first-order valence-corrected chi connectivity index (χ1v) is 6.79. The Morgan fingerprint density at radius 1 is 1.42 bits per heavy atom. The summed E-state index contributed by atoms with van der Waals surface area (Å²) < 4.78 is 5.42. The van der Waals surface area contributed by atoms with E-state index in [-0.39, 0.29) is 5.91 Å². The van der Waals surface area contributed by atoms with Crippen LogP contribution in [0.25, 0.3) is 0 Å². The van der Waals surface area contributed by atoms with Gasteiger partial charge in [-0.3, -0.25) is 4.79 Å². The Morgan fingerprint density at radius 3 is 3.21 bits per heavy atom. The molecule has 0 saturated carbocycles. The van der Waals surface area contributed by atoms with Crippen LogP contribution in [0.4, 0.5) is 11.4 Å². The smallest absolute Gasteiger partial charge is 0.228 e. The third-order valence-electron chi connectivity index (χ3n) is 3.55. The number of carbonyl (C=O) groups is 1. The van der Waals surface area contributed by atoms with Gasteiger partial charge in [-0.1, -0.05) is 0 Å². The molecule has 1 unspecified atom stereocenters. The molecule has 3 N–H and O–H groups in total. The van der Waals surface area contributed by atoms with E-state index in [4.69, 9.17) is 4.74 Å². The van der Waals surface area contributed by atoms with Crippen LogP contribution in [0.3, 0.4) is 0 Å². The Kier molecular flexibility index (Phi) is 3.66. The highest BCUT2D eigenvalue weighted by molar-refractivity contribution is 5.99. The van der Waals surface area contributed by atoms with Gasteiger partial charge in [-0.15, -0.1) is 0 Å². The van der Waals surface area contributed by atoms with Crippen molar-refractivity contribution in [1.29, 1.82) is 0 Å². The number of rotatable bonds is 4. The van der Waals surface area contributed by atoms with Gasteiger partial charge in [-0.25, -0.2) is 0 Å². The molecule has 102 valence electrons. The number of anilines is 2. The molecule has 1 aromatic carbocycles. The number of benzene rings is 1. The van der Waals surface area contributed by atoms with Crippen LogP contribution in [0, 0.1) is 0 Å². The number of amides is 1. The number of morpholine rings is 1. The first kappa shape index (κ1) is 12.4. The minimum Gasteiger partial charge on any atom is -0.385 e. The average molecular weight is 261 g/mol. The fraction of sp³-hybridized carbons (Fsp3) is 0.500. The zero-order valence-corrected chi connectivity index (χ0v) is 10.9. The van der Waals surface area contributed by atoms with Crippen LogP contribution in [-0.4, -0.2) is 38.3 Å². The number of carbonyl (C=O) groups excluding carboxylic acids is 1. The highest BCUT2D eigenvalue weighted by Gasteiger charge is 2.17. The van der Waals surface area contributed by atoms with E-state index >= 15 is 0 Å². The number of hydrogen-bond acceptors (Lipinski definition) is 4. The second-order valence-corrected chi connectivity index (χ2v) is 5.04. The molecule has 0 aromatic heterocycles. The number of nitrogens with one attached hydrogen (secondary N) is 3. The van der Waals surface area contributed by atoms with E-state index in [1.807, 2.05) is 12.1 Å². The van der Waals surface area contributed by atoms with E-state index in [2.05, 4.69) is 22.0 Å². The van der Waals surface area contributed by atoms with E-state index < -0.39 is 0 Å². The summed E-state index contributed by atoms with van der Waals surface area (Å²) in [6.45, 7) is 3.46. The first-order chi connectivity index (χ1) is 9.31. The molecule has 0 bridgehead atoms. The van der Waals surface area contributed by atoms with E-state index in [1.54, 1.807) is 0 Å². The maximum atomic E-state index is 11.3. The molecule has 19 heavy (non-hydrogen) atoms.